The zero-order valence-electron chi connectivity index (χ0n) is 10.8. The van der Waals surface area contributed by atoms with Crippen LogP contribution in [0.15, 0.2) is 47.3 Å². The van der Waals surface area contributed by atoms with Gasteiger partial charge in [0.15, 0.2) is 0 Å². The zero-order chi connectivity index (χ0) is 15.0. The molecule has 106 valence electrons. The predicted octanol–water partition coefficient (Wildman–Crippen LogP) is 4.41. The number of fused-ring (bicyclic) bond motifs is 1. The molecule has 0 unspecified atom stereocenters. The SMILES string of the molecule is O=c1[nH]c2ccccc2c(=S)n1Cc1ccc(Cl)c(Cl)c1. The number of halogens is 2. The minimum absolute atomic E-state index is 0.246. The first-order valence-electron chi connectivity index (χ1n) is 6.22. The van der Waals surface area contributed by atoms with Crippen molar-refractivity contribution in [2.24, 2.45) is 0 Å². The van der Waals surface area contributed by atoms with Crippen LogP contribution >= 0.6 is 35.4 Å². The lowest BCUT2D eigenvalue weighted by atomic mass is 10.2. The number of rotatable bonds is 2. The number of hydrogen-bond acceptors (Lipinski definition) is 2. The minimum atomic E-state index is -0.246. The van der Waals surface area contributed by atoms with Crippen LogP contribution in [0.5, 0.6) is 0 Å². The lowest BCUT2D eigenvalue weighted by Crippen LogP contribution is -2.24. The molecule has 3 rings (SSSR count). The minimum Gasteiger partial charge on any atom is -0.307 e. The van der Waals surface area contributed by atoms with E-state index in [9.17, 15) is 4.79 Å². The van der Waals surface area contributed by atoms with Gasteiger partial charge in [-0.15, -0.1) is 0 Å². The monoisotopic (exact) mass is 336 g/mol. The highest BCUT2D eigenvalue weighted by Crippen LogP contribution is 2.23. The van der Waals surface area contributed by atoms with E-state index in [4.69, 9.17) is 35.4 Å². The van der Waals surface area contributed by atoms with Crippen molar-refractivity contribution in [3.8, 4) is 0 Å². The van der Waals surface area contributed by atoms with Gasteiger partial charge in [-0.2, -0.15) is 0 Å². The van der Waals surface area contributed by atoms with Crippen molar-refractivity contribution < 1.29 is 0 Å². The van der Waals surface area contributed by atoms with Gasteiger partial charge in [0.25, 0.3) is 0 Å². The van der Waals surface area contributed by atoms with E-state index in [2.05, 4.69) is 4.98 Å². The van der Waals surface area contributed by atoms with E-state index < -0.39 is 0 Å². The normalized spacial score (nSPS) is 11.0. The van der Waals surface area contributed by atoms with Gasteiger partial charge in [0.2, 0.25) is 0 Å². The Morgan fingerprint density at radius 3 is 2.62 bits per heavy atom. The van der Waals surface area contributed by atoms with Gasteiger partial charge in [-0.1, -0.05) is 53.6 Å². The van der Waals surface area contributed by atoms with Gasteiger partial charge in [-0.3, -0.25) is 4.57 Å². The molecule has 0 aliphatic carbocycles. The molecule has 6 heteroatoms. The highest BCUT2D eigenvalue weighted by Gasteiger charge is 2.06. The number of H-pyrrole nitrogens is 1. The maximum absolute atomic E-state index is 12.2. The molecule has 0 amide bonds. The summed E-state index contributed by atoms with van der Waals surface area (Å²) in [5.41, 5.74) is 1.35. The Morgan fingerprint density at radius 2 is 1.86 bits per heavy atom. The van der Waals surface area contributed by atoms with Gasteiger partial charge >= 0.3 is 5.69 Å². The summed E-state index contributed by atoms with van der Waals surface area (Å²) >= 11 is 17.3. The summed E-state index contributed by atoms with van der Waals surface area (Å²) < 4.78 is 2.01. The molecule has 0 spiro atoms. The molecule has 2 aromatic carbocycles. The molecule has 1 N–H and O–H groups in total. The molecule has 0 fully saturated rings. The second-order valence-electron chi connectivity index (χ2n) is 4.62. The smallest absolute Gasteiger partial charge is 0.307 e. The summed E-state index contributed by atoms with van der Waals surface area (Å²) in [5.74, 6) is 0. The van der Waals surface area contributed by atoms with Crippen LogP contribution in [0.25, 0.3) is 10.9 Å². The van der Waals surface area contributed by atoms with E-state index >= 15 is 0 Å². The fourth-order valence-electron chi connectivity index (χ4n) is 2.16. The number of aromatic amines is 1. The molecule has 1 aromatic heterocycles. The molecular formula is C15H10Cl2N2OS. The summed E-state index contributed by atoms with van der Waals surface area (Å²) in [5, 5.41) is 1.78. The summed E-state index contributed by atoms with van der Waals surface area (Å²) in [6.07, 6.45) is 0. The van der Waals surface area contributed by atoms with E-state index in [-0.39, 0.29) is 5.69 Å². The average molecular weight is 337 g/mol. The van der Waals surface area contributed by atoms with E-state index in [0.29, 0.717) is 21.2 Å². The van der Waals surface area contributed by atoms with Crippen molar-refractivity contribution in [3.63, 3.8) is 0 Å². The van der Waals surface area contributed by atoms with Crippen LogP contribution in [0.2, 0.25) is 10.0 Å². The van der Waals surface area contributed by atoms with E-state index in [1.807, 2.05) is 30.3 Å². The van der Waals surface area contributed by atoms with E-state index in [1.54, 1.807) is 12.1 Å². The number of nitrogens with zero attached hydrogens (tertiary/aromatic N) is 1. The molecule has 0 saturated heterocycles. The molecule has 0 atom stereocenters. The third kappa shape index (κ3) is 2.75. The van der Waals surface area contributed by atoms with Crippen molar-refractivity contribution in [3.05, 3.63) is 73.2 Å². The molecule has 0 saturated carbocycles. The maximum atomic E-state index is 12.2. The van der Waals surface area contributed by atoms with Crippen LogP contribution in [0.3, 0.4) is 0 Å². The summed E-state index contributed by atoms with van der Waals surface area (Å²) in [6, 6.07) is 12.7. The predicted molar refractivity (Wildman–Crippen MR) is 89.0 cm³/mol. The number of aromatic nitrogens is 2. The molecule has 1 heterocycles. The summed E-state index contributed by atoms with van der Waals surface area (Å²) in [7, 11) is 0. The van der Waals surface area contributed by atoms with Crippen molar-refractivity contribution in [2.45, 2.75) is 6.54 Å². The van der Waals surface area contributed by atoms with Gasteiger partial charge in [0.1, 0.15) is 4.64 Å². The third-order valence-corrected chi connectivity index (χ3v) is 4.39. The Labute approximate surface area is 135 Å². The summed E-state index contributed by atoms with van der Waals surface area (Å²) in [4.78, 5) is 15.0. The second-order valence-corrected chi connectivity index (χ2v) is 5.82. The highest BCUT2D eigenvalue weighted by molar-refractivity contribution is 7.71. The Bertz CT molecular complexity index is 946. The molecular weight excluding hydrogens is 327 g/mol. The van der Waals surface area contributed by atoms with Crippen molar-refractivity contribution in [1.82, 2.24) is 9.55 Å². The fraction of sp³-hybridized carbons (Fsp3) is 0.0667. The topological polar surface area (TPSA) is 37.8 Å². The van der Waals surface area contributed by atoms with Gasteiger partial charge in [0.05, 0.1) is 22.1 Å². The number of para-hydroxylation sites is 1. The fourth-order valence-corrected chi connectivity index (χ4v) is 2.81. The summed E-state index contributed by atoms with van der Waals surface area (Å²) in [6.45, 7) is 0.343. The van der Waals surface area contributed by atoms with Crippen LogP contribution in [-0.2, 0) is 6.54 Å². The maximum Gasteiger partial charge on any atom is 0.327 e. The Balaban J connectivity index is 2.14. The van der Waals surface area contributed by atoms with Gasteiger partial charge in [-0.05, 0) is 29.8 Å². The lowest BCUT2D eigenvalue weighted by molar-refractivity contribution is 0.728. The Hall–Kier alpha value is -1.62. The second kappa shape index (κ2) is 5.64. The van der Waals surface area contributed by atoms with Crippen LogP contribution in [0.1, 0.15) is 5.56 Å². The molecule has 0 bridgehead atoms. The third-order valence-electron chi connectivity index (χ3n) is 3.21. The molecule has 3 nitrogen and oxygen atoms in total. The first-order valence-corrected chi connectivity index (χ1v) is 7.38. The number of hydrogen-bond donors (Lipinski definition) is 1. The van der Waals surface area contributed by atoms with Crippen molar-refractivity contribution >= 4 is 46.3 Å². The number of nitrogens with one attached hydrogen (secondary N) is 1. The van der Waals surface area contributed by atoms with Crippen LogP contribution in [0, 0.1) is 4.64 Å². The van der Waals surface area contributed by atoms with Crippen molar-refractivity contribution in [2.75, 3.05) is 0 Å². The van der Waals surface area contributed by atoms with Gasteiger partial charge < -0.3 is 4.98 Å². The van der Waals surface area contributed by atoms with Crippen LogP contribution in [0.4, 0.5) is 0 Å². The van der Waals surface area contributed by atoms with Gasteiger partial charge in [-0.25, -0.2) is 4.79 Å². The number of benzene rings is 2. The molecule has 0 aliphatic heterocycles. The first kappa shape index (κ1) is 14.3. The first-order chi connectivity index (χ1) is 10.1. The van der Waals surface area contributed by atoms with Crippen LogP contribution in [-0.4, -0.2) is 9.55 Å². The van der Waals surface area contributed by atoms with Crippen LogP contribution < -0.4 is 5.69 Å². The highest BCUT2D eigenvalue weighted by atomic mass is 35.5. The van der Waals surface area contributed by atoms with E-state index in [0.717, 1.165) is 16.5 Å². The lowest BCUT2D eigenvalue weighted by Gasteiger charge is -2.09. The average Bonchev–Trinajstić information content (AvgIpc) is 2.47. The van der Waals surface area contributed by atoms with Gasteiger partial charge in [0, 0.05) is 5.39 Å². The quantitative estimate of drug-likeness (QED) is 0.703. The molecule has 0 aliphatic rings. The standard InChI is InChI=1S/C15H10Cl2N2OS/c16-11-6-5-9(7-12(11)17)8-19-14(21)10-3-1-2-4-13(10)18-15(19)20/h1-7H,8H2,(H,18,20). The largest absolute Gasteiger partial charge is 0.327 e. The Kier molecular flexibility index (Phi) is 3.85. The molecule has 3 aromatic rings. The molecule has 21 heavy (non-hydrogen) atoms. The Morgan fingerprint density at radius 1 is 1.10 bits per heavy atom. The molecule has 0 radical (unpaired) electrons. The van der Waals surface area contributed by atoms with Crippen molar-refractivity contribution in [1.29, 1.82) is 0 Å². The van der Waals surface area contributed by atoms with E-state index in [1.165, 1.54) is 4.57 Å². The zero-order valence-corrected chi connectivity index (χ0v) is 13.1.